The van der Waals surface area contributed by atoms with E-state index in [9.17, 15) is 13.2 Å². The van der Waals surface area contributed by atoms with Crippen LogP contribution in [-0.4, -0.2) is 64.0 Å². The van der Waals surface area contributed by atoms with Crippen LogP contribution in [0.25, 0.3) is 0 Å². The van der Waals surface area contributed by atoms with E-state index in [-0.39, 0.29) is 36.6 Å². The van der Waals surface area contributed by atoms with Crippen molar-refractivity contribution in [1.29, 1.82) is 0 Å². The summed E-state index contributed by atoms with van der Waals surface area (Å²) in [5.74, 6) is 1.03. The lowest BCUT2D eigenvalue weighted by atomic mass is 9.85. The molecule has 5 nitrogen and oxygen atoms in total. The lowest BCUT2D eigenvalue weighted by Gasteiger charge is -2.40. The van der Waals surface area contributed by atoms with Gasteiger partial charge in [-0.2, -0.15) is 13.2 Å². The van der Waals surface area contributed by atoms with Crippen LogP contribution in [0.1, 0.15) is 30.9 Å². The lowest BCUT2D eigenvalue weighted by molar-refractivity contribution is -0.173. The van der Waals surface area contributed by atoms with E-state index in [4.69, 9.17) is 11.6 Å². The van der Waals surface area contributed by atoms with Gasteiger partial charge in [0.15, 0.2) is 5.96 Å². The van der Waals surface area contributed by atoms with Crippen LogP contribution < -0.4 is 10.6 Å². The Morgan fingerprint density at radius 2 is 2.10 bits per heavy atom. The van der Waals surface area contributed by atoms with E-state index < -0.39 is 12.8 Å². The molecule has 1 aliphatic rings. The standard InChI is InChI=1S/C20H30ClF3N4O.HI/c1-25-19(26-9-5-11-29-14-20(22,23)24)27-13-16-7-4-10-28(2)18(16)15-6-3-8-17(21)12-15;/h3,6,8,12,16,18H,4-5,7,9-11,13-14H2,1-2H3,(H2,25,26,27);1H. The van der Waals surface area contributed by atoms with Crippen molar-refractivity contribution in [3.05, 3.63) is 34.9 Å². The molecule has 0 spiro atoms. The fourth-order valence-corrected chi connectivity index (χ4v) is 3.91. The minimum Gasteiger partial charge on any atom is -0.372 e. The molecule has 1 aromatic rings. The molecule has 2 atom stereocenters. The van der Waals surface area contributed by atoms with Crippen LogP contribution in [0.15, 0.2) is 29.3 Å². The van der Waals surface area contributed by atoms with Crippen LogP contribution >= 0.6 is 35.6 Å². The monoisotopic (exact) mass is 562 g/mol. The number of alkyl halides is 3. The SMILES string of the molecule is CN=C(NCCCOCC(F)(F)F)NCC1CCCN(C)C1c1cccc(Cl)c1.I. The molecule has 1 saturated heterocycles. The molecule has 10 heteroatoms. The predicted octanol–water partition coefficient (Wildman–Crippen LogP) is 4.47. The molecule has 2 rings (SSSR count). The van der Waals surface area contributed by atoms with Crippen LogP contribution in [0.5, 0.6) is 0 Å². The second kappa shape index (κ2) is 13.6. The molecule has 172 valence electrons. The van der Waals surface area contributed by atoms with Gasteiger partial charge in [-0.3, -0.25) is 9.89 Å². The summed E-state index contributed by atoms with van der Waals surface area (Å²) in [5, 5.41) is 7.21. The molecule has 30 heavy (non-hydrogen) atoms. The molecule has 0 aliphatic carbocycles. The van der Waals surface area contributed by atoms with Crippen molar-refractivity contribution < 1.29 is 17.9 Å². The number of aliphatic imine (C=N–C) groups is 1. The Morgan fingerprint density at radius 3 is 2.77 bits per heavy atom. The molecule has 0 amide bonds. The van der Waals surface area contributed by atoms with Crippen molar-refractivity contribution in [2.24, 2.45) is 10.9 Å². The van der Waals surface area contributed by atoms with Gasteiger partial charge in [-0.05, 0) is 56.5 Å². The molecular formula is C20H31ClF3IN4O. The third kappa shape index (κ3) is 9.57. The van der Waals surface area contributed by atoms with Gasteiger partial charge in [0.1, 0.15) is 6.61 Å². The number of halogens is 5. The van der Waals surface area contributed by atoms with Crippen LogP contribution in [-0.2, 0) is 4.74 Å². The summed E-state index contributed by atoms with van der Waals surface area (Å²) >= 11 is 6.19. The van der Waals surface area contributed by atoms with E-state index in [1.165, 1.54) is 5.56 Å². The van der Waals surface area contributed by atoms with Gasteiger partial charge in [0.05, 0.1) is 0 Å². The van der Waals surface area contributed by atoms with Gasteiger partial charge in [0.2, 0.25) is 0 Å². The number of nitrogens with zero attached hydrogens (tertiary/aromatic N) is 2. The first-order valence-corrected chi connectivity index (χ1v) is 10.2. The second-order valence-corrected chi connectivity index (χ2v) is 7.72. The maximum atomic E-state index is 12.0. The van der Waals surface area contributed by atoms with Crippen molar-refractivity contribution in [1.82, 2.24) is 15.5 Å². The van der Waals surface area contributed by atoms with Gasteiger partial charge in [-0.25, -0.2) is 0 Å². The van der Waals surface area contributed by atoms with Crippen LogP contribution in [0.3, 0.4) is 0 Å². The highest BCUT2D eigenvalue weighted by atomic mass is 127. The number of hydrogen-bond acceptors (Lipinski definition) is 3. The first-order chi connectivity index (χ1) is 13.8. The predicted molar refractivity (Wildman–Crippen MR) is 126 cm³/mol. The van der Waals surface area contributed by atoms with Gasteiger partial charge in [-0.1, -0.05) is 23.7 Å². The molecule has 1 fully saturated rings. The molecule has 1 heterocycles. The fourth-order valence-electron chi connectivity index (χ4n) is 3.71. The Balaban J connectivity index is 0.00000450. The summed E-state index contributed by atoms with van der Waals surface area (Å²) in [6.45, 7) is 1.11. The second-order valence-electron chi connectivity index (χ2n) is 7.28. The zero-order valence-electron chi connectivity index (χ0n) is 17.3. The average molecular weight is 563 g/mol. The maximum absolute atomic E-state index is 12.0. The summed E-state index contributed by atoms with van der Waals surface area (Å²) < 4.78 is 40.8. The summed E-state index contributed by atoms with van der Waals surface area (Å²) in [4.78, 5) is 6.56. The number of rotatable bonds is 8. The molecule has 1 aromatic carbocycles. The third-order valence-corrected chi connectivity index (χ3v) is 5.21. The third-order valence-electron chi connectivity index (χ3n) is 4.98. The van der Waals surface area contributed by atoms with E-state index in [0.29, 0.717) is 24.8 Å². The van der Waals surface area contributed by atoms with Crippen molar-refractivity contribution in [3.8, 4) is 0 Å². The molecule has 1 aliphatic heterocycles. The summed E-state index contributed by atoms with van der Waals surface area (Å²) in [7, 11) is 3.81. The molecule has 0 saturated carbocycles. The normalized spacial score (nSPS) is 20.5. The maximum Gasteiger partial charge on any atom is 0.411 e. The highest BCUT2D eigenvalue weighted by Gasteiger charge is 2.30. The molecule has 2 N–H and O–H groups in total. The number of guanidine groups is 1. The average Bonchev–Trinajstić information content (AvgIpc) is 2.66. The molecule has 2 unspecified atom stereocenters. The number of piperidine rings is 1. The van der Waals surface area contributed by atoms with E-state index in [1.807, 2.05) is 18.2 Å². The zero-order chi connectivity index (χ0) is 21.3. The topological polar surface area (TPSA) is 48.9 Å². The van der Waals surface area contributed by atoms with Crippen molar-refractivity contribution in [3.63, 3.8) is 0 Å². The Labute approximate surface area is 198 Å². The van der Waals surface area contributed by atoms with Crippen molar-refractivity contribution in [2.45, 2.75) is 31.5 Å². The van der Waals surface area contributed by atoms with Gasteiger partial charge in [-0.15, -0.1) is 24.0 Å². The number of hydrogen-bond donors (Lipinski definition) is 2. The van der Waals surface area contributed by atoms with Crippen molar-refractivity contribution >= 4 is 41.5 Å². The van der Waals surface area contributed by atoms with Gasteiger partial charge < -0.3 is 15.4 Å². The number of nitrogens with one attached hydrogen (secondary N) is 2. The first kappa shape index (κ1) is 27.3. The fraction of sp³-hybridized carbons (Fsp3) is 0.650. The molecule has 0 aromatic heterocycles. The molecule has 0 radical (unpaired) electrons. The summed E-state index contributed by atoms with van der Waals surface area (Å²) in [5.41, 5.74) is 1.20. The van der Waals surface area contributed by atoms with Gasteiger partial charge in [0, 0.05) is 37.8 Å². The van der Waals surface area contributed by atoms with E-state index in [2.05, 4.69) is 38.4 Å². The Morgan fingerprint density at radius 1 is 1.33 bits per heavy atom. The Kier molecular flexibility index (Phi) is 12.3. The van der Waals surface area contributed by atoms with Crippen LogP contribution in [0.4, 0.5) is 13.2 Å². The molecular weight excluding hydrogens is 532 g/mol. The Hall–Kier alpha value is -0.780. The zero-order valence-corrected chi connectivity index (χ0v) is 20.4. The Bertz CT molecular complexity index is 663. The largest absolute Gasteiger partial charge is 0.411 e. The summed E-state index contributed by atoms with van der Waals surface area (Å²) in [6.07, 6.45) is -1.59. The van der Waals surface area contributed by atoms with Gasteiger partial charge in [0.25, 0.3) is 0 Å². The minimum atomic E-state index is -4.28. The molecule has 0 bridgehead atoms. The van der Waals surface area contributed by atoms with E-state index >= 15 is 0 Å². The summed E-state index contributed by atoms with van der Waals surface area (Å²) in [6, 6.07) is 8.26. The number of ether oxygens (including phenoxy) is 1. The lowest BCUT2D eigenvalue weighted by Crippen LogP contribution is -2.45. The van der Waals surface area contributed by atoms with Crippen LogP contribution in [0.2, 0.25) is 5.02 Å². The highest BCUT2D eigenvalue weighted by molar-refractivity contribution is 14.0. The van der Waals surface area contributed by atoms with E-state index in [0.717, 1.165) is 31.0 Å². The minimum absolute atomic E-state index is 0. The quantitative estimate of drug-likeness (QED) is 0.212. The van der Waals surface area contributed by atoms with E-state index in [1.54, 1.807) is 7.05 Å². The van der Waals surface area contributed by atoms with Gasteiger partial charge >= 0.3 is 6.18 Å². The van der Waals surface area contributed by atoms with Crippen molar-refractivity contribution in [2.75, 3.05) is 46.9 Å². The number of benzene rings is 1. The number of likely N-dealkylation sites (tertiary alicyclic amines) is 1. The smallest absolute Gasteiger partial charge is 0.372 e. The van der Waals surface area contributed by atoms with Crippen LogP contribution in [0, 0.1) is 5.92 Å². The highest BCUT2D eigenvalue weighted by Crippen LogP contribution is 2.35. The first-order valence-electron chi connectivity index (χ1n) is 9.85.